The molecule has 0 saturated carbocycles. The number of rotatable bonds is 2. The van der Waals surface area contributed by atoms with Gasteiger partial charge in [0.2, 0.25) is 17.7 Å². The summed E-state index contributed by atoms with van der Waals surface area (Å²) < 4.78 is 0.568. The summed E-state index contributed by atoms with van der Waals surface area (Å²) in [6.07, 6.45) is 0.459. The Bertz CT molecular complexity index is 731. The first-order chi connectivity index (χ1) is 10.4. The molecule has 1 unspecified atom stereocenters. The number of hydrogen-bond donors (Lipinski definition) is 2. The van der Waals surface area contributed by atoms with E-state index in [-0.39, 0.29) is 36.8 Å². The lowest BCUT2D eigenvalue weighted by molar-refractivity contribution is -0.136. The summed E-state index contributed by atoms with van der Waals surface area (Å²) in [4.78, 5) is 48.6. The molecule has 2 aliphatic rings. The number of amides is 4. The first-order valence-electron chi connectivity index (χ1n) is 6.65. The fraction of sp³-hybridized carbons (Fsp3) is 0.286. The second kappa shape index (κ2) is 5.20. The topological polar surface area (TPSA) is 110 Å². The minimum atomic E-state index is -0.711. The number of halogens is 1. The third-order valence-electron chi connectivity index (χ3n) is 3.89. The van der Waals surface area contributed by atoms with E-state index in [0.717, 1.165) is 0 Å². The van der Waals surface area contributed by atoms with Crippen LogP contribution >= 0.6 is 15.9 Å². The highest BCUT2D eigenvalue weighted by Crippen LogP contribution is 2.32. The normalized spacial score (nSPS) is 20.9. The predicted octanol–water partition coefficient (Wildman–Crippen LogP) is 0.309. The van der Waals surface area contributed by atoms with E-state index in [2.05, 4.69) is 21.2 Å². The summed E-state index contributed by atoms with van der Waals surface area (Å²) in [6, 6.07) is 2.45. The molecule has 1 aromatic carbocycles. The number of hydrogen-bond acceptors (Lipinski definition) is 4. The zero-order valence-corrected chi connectivity index (χ0v) is 13.0. The quantitative estimate of drug-likeness (QED) is 0.734. The minimum absolute atomic E-state index is 0.131. The Hall–Kier alpha value is -2.22. The van der Waals surface area contributed by atoms with E-state index in [1.165, 1.54) is 4.90 Å². The van der Waals surface area contributed by atoms with Crippen molar-refractivity contribution in [1.29, 1.82) is 0 Å². The molecule has 3 N–H and O–H groups in total. The molecule has 3 rings (SSSR count). The average Bonchev–Trinajstić information content (AvgIpc) is 2.75. The van der Waals surface area contributed by atoms with Crippen LogP contribution in [0.1, 0.15) is 39.1 Å². The maximum atomic E-state index is 12.5. The van der Waals surface area contributed by atoms with Crippen molar-refractivity contribution in [2.24, 2.45) is 5.73 Å². The number of carbonyl (C=O) groups is 4. The molecule has 1 saturated heterocycles. The van der Waals surface area contributed by atoms with Crippen LogP contribution in [0.5, 0.6) is 0 Å². The number of nitrogens with one attached hydrogen (secondary N) is 1. The summed E-state index contributed by atoms with van der Waals surface area (Å²) in [6.45, 7) is 0.131. The fourth-order valence-corrected chi connectivity index (χ4v) is 3.30. The van der Waals surface area contributed by atoms with Gasteiger partial charge in [-0.15, -0.1) is 0 Å². The van der Waals surface area contributed by atoms with Crippen LogP contribution in [0, 0.1) is 0 Å². The summed E-state index contributed by atoms with van der Waals surface area (Å²) in [5.41, 5.74) is 6.49. The maximum absolute atomic E-state index is 12.5. The Morgan fingerprint density at radius 1 is 1.32 bits per heavy atom. The fourth-order valence-electron chi connectivity index (χ4n) is 2.85. The lowest BCUT2D eigenvalue weighted by Crippen LogP contribution is -2.52. The van der Waals surface area contributed by atoms with Crippen LogP contribution in [0.3, 0.4) is 0 Å². The van der Waals surface area contributed by atoms with Gasteiger partial charge in [0.1, 0.15) is 6.04 Å². The molecule has 0 aromatic heterocycles. The van der Waals surface area contributed by atoms with Crippen molar-refractivity contribution in [2.45, 2.75) is 25.4 Å². The standard InChI is InChI=1S/C14H12BrN3O4/c15-6-3-7(12(16)20)9-5-18(14(22)8(9)4-6)10-1-2-11(19)17-13(10)21/h3-4,10H,1-2,5H2,(H2,16,20)(H,17,19,21). The van der Waals surface area contributed by atoms with Crippen LogP contribution in [0.2, 0.25) is 0 Å². The maximum Gasteiger partial charge on any atom is 0.255 e. The Morgan fingerprint density at radius 2 is 2.05 bits per heavy atom. The number of nitrogens with two attached hydrogens (primary N) is 1. The highest BCUT2D eigenvalue weighted by Gasteiger charge is 2.40. The number of nitrogens with zero attached hydrogens (tertiary/aromatic N) is 1. The zero-order valence-electron chi connectivity index (χ0n) is 11.4. The van der Waals surface area contributed by atoms with Gasteiger partial charge < -0.3 is 10.6 Å². The lowest BCUT2D eigenvalue weighted by atomic mass is 10.0. The van der Waals surface area contributed by atoms with Crippen LogP contribution in [-0.4, -0.2) is 34.6 Å². The summed E-state index contributed by atoms with van der Waals surface area (Å²) in [5.74, 6) is -1.80. The van der Waals surface area contributed by atoms with E-state index in [1.807, 2.05) is 0 Å². The molecule has 2 heterocycles. The lowest BCUT2D eigenvalue weighted by Gasteiger charge is -2.29. The molecule has 7 nitrogen and oxygen atoms in total. The third kappa shape index (κ3) is 2.29. The number of fused-ring (bicyclic) bond motifs is 1. The number of carbonyl (C=O) groups excluding carboxylic acids is 4. The second-order valence-electron chi connectivity index (χ2n) is 5.24. The van der Waals surface area contributed by atoms with Crippen molar-refractivity contribution in [3.8, 4) is 0 Å². The molecule has 1 fully saturated rings. The Morgan fingerprint density at radius 3 is 2.68 bits per heavy atom. The molecule has 1 aromatic rings. The smallest absolute Gasteiger partial charge is 0.255 e. The largest absolute Gasteiger partial charge is 0.366 e. The summed E-state index contributed by atoms with van der Waals surface area (Å²) in [5, 5.41) is 2.23. The summed E-state index contributed by atoms with van der Waals surface area (Å²) >= 11 is 3.24. The molecule has 2 aliphatic heterocycles. The van der Waals surface area contributed by atoms with Gasteiger partial charge in [0, 0.05) is 28.6 Å². The van der Waals surface area contributed by atoms with Gasteiger partial charge in [-0.3, -0.25) is 24.5 Å². The van der Waals surface area contributed by atoms with E-state index in [9.17, 15) is 19.2 Å². The third-order valence-corrected chi connectivity index (χ3v) is 4.34. The molecule has 114 valence electrons. The van der Waals surface area contributed by atoms with Gasteiger partial charge in [-0.1, -0.05) is 15.9 Å². The van der Waals surface area contributed by atoms with Gasteiger partial charge in [0.05, 0.1) is 0 Å². The van der Waals surface area contributed by atoms with Gasteiger partial charge >= 0.3 is 0 Å². The van der Waals surface area contributed by atoms with Crippen LogP contribution in [-0.2, 0) is 16.1 Å². The SMILES string of the molecule is NC(=O)c1cc(Br)cc2c1CN(C1CCC(=O)NC1=O)C2=O. The Balaban J connectivity index is 1.98. The van der Waals surface area contributed by atoms with Crippen molar-refractivity contribution >= 4 is 39.6 Å². The van der Waals surface area contributed by atoms with E-state index in [4.69, 9.17) is 5.73 Å². The van der Waals surface area contributed by atoms with Gasteiger partial charge in [-0.2, -0.15) is 0 Å². The first-order valence-corrected chi connectivity index (χ1v) is 7.44. The molecule has 0 spiro atoms. The average molecular weight is 366 g/mol. The minimum Gasteiger partial charge on any atom is -0.366 e. The molecule has 1 atom stereocenters. The van der Waals surface area contributed by atoms with Crippen molar-refractivity contribution in [2.75, 3.05) is 0 Å². The van der Waals surface area contributed by atoms with E-state index in [0.29, 0.717) is 15.6 Å². The van der Waals surface area contributed by atoms with Crippen LogP contribution in [0.15, 0.2) is 16.6 Å². The van der Waals surface area contributed by atoms with Crippen LogP contribution in [0.25, 0.3) is 0 Å². The first kappa shape index (κ1) is 14.7. The van der Waals surface area contributed by atoms with Crippen LogP contribution in [0.4, 0.5) is 0 Å². The number of piperidine rings is 1. The molecule has 0 radical (unpaired) electrons. The van der Waals surface area contributed by atoms with E-state index in [1.54, 1.807) is 12.1 Å². The van der Waals surface area contributed by atoms with E-state index < -0.39 is 17.9 Å². The van der Waals surface area contributed by atoms with Crippen molar-refractivity contribution in [3.05, 3.63) is 33.3 Å². The van der Waals surface area contributed by atoms with Crippen LogP contribution < -0.4 is 11.1 Å². The molecule has 0 aliphatic carbocycles. The number of imide groups is 1. The number of benzene rings is 1. The summed E-state index contributed by atoms with van der Waals surface area (Å²) in [7, 11) is 0. The zero-order chi connectivity index (χ0) is 16.0. The van der Waals surface area contributed by atoms with Crippen molar-refractivity contribution in [3.63, 3.8) is 0 Å². The van der Waals surface area contributed by atoms with E-state index >= 15 is 0 Å². The van der Waals surface area contributed by atoms with Gasteiger partial charge in [-0.25, -0.2) is 0 Å². The highest BCUT2D eigenvalue weighted by atomic mass is 79.9. The van der Waals surface area contributed by atoms with Gasteiger partial charge in [-0.05, 0) is 24.1 Å². The van der Waals surface area contributed by atoms with Gasteiger partial charge in [0.25, 0.3) is 5.91 Å². The highest BCUT2D eigenvalue weighted by molar-refractivity contribution is 9.10. The molecule has 0 bridgehead atoms. The predicted molar refractivity (Wildman–Crippen MR) is 78.7 cm³/mol. The number of primary amides is 1. The Labute approximate surface area is 134 Å². The van der Waals surface area contributed by atoms with Crippen molar-refractivity contribution in [1.82, 2.24) is 10.2 Å². The van der Waals surface area contributed by atoms with Gasteiger partial charge in [0.15, 0.2) is 0 Å². The second-order valence-corrected chi connectivity index (χ2v) is 6.16. The Kier molecular flexibility index (Phi) is 3.48. The monoisotopic (exact) mass is 365 g/mol. The molecule has 8 heteroatoms. The van der Waals surface area contributed by atoms with Crippen molar-refractivity contribution < 1.29 is 19.2 Å². The molecule has 4 amide bonds. The molecular formula is C14H12BrN3O4. The molecule has 22 heavy (non-hydrogen) atoms. The molecular weight excluding hydrogens is 354 g/mol.